The van der Waals surface area contributed by atoms with E-state index in [9.17, 15) is 4.79 Å². The first-order valence-corrected chi connectivity index (χ1v) is 6.17. The highest BCUT2D eigenvalue weighted by atomic mass is 16.5. The Balaban J connectivity index is 2.88. The van der Waals surface area contributed by atoms with Crippen LogP contribution in [0.1, 0.15) is 12.5 Å². The molecule has 0 aliphatic rings. The predicted octanol–water partition coefficient (Wildman–Crippen LogP) is 3.93. The van der Waals surface area contributed by atoms with Crippen LogP contribution in [0.15, 0.2) is 72.9 Å². The Kier molecular flexibility index (Phi) is 6.73. The number of hydrogen-bond acceptors (Lipinski definition) is 2. The van der Waals surface area contributed by atoms with Crippen LogP contribution in [0, 0.1) is 0 Å². The molecular formula is C17H18O2. The van der Waals surface area contributed by atoms with Crippen molar-refractivity contribution in [2.24, 2.45) is 0 Å². The second kappa shape index (κ2) is 8.70. The summed E-state index contributed by atoms with van der Waals surface area (Å²) in [5.74, 6) is -0.330. The van der Waals surface area contributed by atoms with Crippen molar-refractivity contribution < 1.29 is 9.53 Å². The molecule has 0 unspecified atom stereocenters. The second-order valence-corrected chi connectivity index (χ2v) is 3.71. The Morgan fingerprint density at radius 1 is 1.26 bits per heavy atom. The van der Waals surface area contributed by atoms with E-state index >= 15 is 0 Å². The summed E-state index contributed by atoms with van der Waals surface area (Å²) in [5, 5.41) is 0. The zero-order valence-corrected chi connectivity index (χ0v) is 11.1. The number of carbonyl (C=O) groups is 1. The minimum atomic E-state index is -0.330. The highest BCUT2D eigenvalue weighted by Gasteiger charge is 2.05. The SMILES string of the molecule is C=CC=CC=C(C=Cc1ccccc1)C(=O)OCC. The van der Waals surface area contributed by atoms with Gasteiger partial charge in [-0.2, -0.15) is 0 Å². The molecule has 0 bridgehead atoms. The van der Waals surface area contributed by atoms with Crippen LogP contribution < -0.4 is 0 Å². The van der Waals surface area contributed by atoms with Crippen LogP contribution in [0.4, 0.5) is 0 Å². The third-order valence-electron chi connectivity index (χ3n) is 2.29. The number of esters is 1. The predicted molar refractivity (Wildman–Crippen MR) is 79.5 cm³/mol. The quantitative estimate of drug-likeness (QED) is 0.437. The van der Waals surface area contributed by atoms with Gasteiger partial charge in [-0.15, -0.1) is 0 Å². The second-order valence-electron chi connectivity index (χ2n) is 3.71. The Bertz CT molecular complexity index is 493. The van der Waals surface area contributed by atoms with Crippen molar-refractivity contribution in [2.45, 2.75) is 6.92 Å². The Labute approximate surface area is 114 Å². The maximum atomic E-state index is 11.8. The van der Waals surface area contributed by atoms with Gasteiger partial charge in [0.25, 0.3) is 0 Å². The first-order chi connectivity index (χ1) is 9.27. The molecule has 0 fully saturated rings. The van der Waals surface area contributed by atoms with E-state index in [1.54, 1.807) is 37.3 Å². The summed E-state index contributed by atoms with van der Waals surface area (Å²) in [6.45, 7) is 5.73. The van der Waals surface area contributed by atoms with Crippen molar-refractivity contribution in [3.8, 4) is 0 Å². The van der Waals surface area contributed by atoms with Gasteiger partial charge < -0.3 is 4.74 Å². The molecule has 0 aromatic heterocycles. The van der Waals surface area contributed by atoms with E-state index in [4.69, 9.17) is 4.74 Å². The fraction of sp³-hybridized carbons (Fsp3) is 0.118. The van der Waals surface area contributed by atoms with Crippen LogP contribution in [0.5, 0.6) is 0 Å². The van der Waals surface area contributed by atoms with Crippen molar-refractivity contribution in [1.82, 2.24) is 0 Å². The lowest BCUT2D eigenvalue weighted by Gasteiger charge is -2.01. The summed E-state index contributed by atoms with van der Waals surface area (Å²) in [6.07, 6.45) is 10.5. The van der Waals surface area contributed by atoms with Crippen LogP contribution in [-0.2, 0) is 9.53 Å². The van der Waals surface area contributed by atoms with E-state index in [-0.39, 0.29) is 5.97 Å². The third kappa shape index (κ3) is 5.68. The molecule has 0 radical (unpaired) electrons. The smallest absolute Gasteiger partial charge is 0.338 e. The minimum absolute atomic E-state index is 0.330. The van der Waals surface area contributed by atoms with Gasteiger partial charge in [0, 0.05) is 0 Å². The van der Waals surface area contributed by atoms with Gasteiger partial charge >= 0.3 is 5.97 Å². The maximum Gasteiger partial charge on any atom is 0.338 e. The molecule has 2 heteroatoms. The Morgan fingerprint density at radius 2 is 2.00 bits per heavy atom. The zero-order chi connectivity index (χ0) is 13.9. The molecule has 0 aliphatic heterocycles. The van der Waals surface area contributed by atoms with Crippen LogP contribution in [0.3, 0.4) is 0 Å². The van der Waals surface area contributed by atoms with Crippen molar-refractivity contribution in [2.75, 3.05) is 6.61 Å². The molecule has 19 heavy (non-hydrogen) atoms. The lowest BCUT2D eigenvalue weighted by molar-refractivity contribution is -0.138. The monoisotopic (exact) mass is 254 g/mol. The average Bonchev–Trinajstić information content (AvgIpc) is 2.44. The van der Waals surface area contributed by atoms with Gasteiger partial charge in [-0.25, -0.2) is 4.79 Å². The molecule has 0 aliphatic carbocycles. The summed E-state index contributed by atoms with van der Waals surface area (Å²) in [4.78, 5) is 11.8. The summed E-state index contributed by atoms with van der Waals surface area (Å²) in [7, 11) is 0. The van der Waals surface area contributed by atoms with Crippen molar-refractivity contribution in [3.63, 3.8) is 0 Å². The van der Waals surface area contributed by atoms with Gasteiger partial charge in [0.15, 0.2) is 0 Å². The van der Waals surface area contributed by atoms with E-state index in [0.717, 1.165) is 5.56 Å². The fourth-order valence-corrected chi connectivity index (χ4v) is 1.39. The summed E-state index contributed by atoms with van der Waals surface area (Å²) in [6, 6.07) is 9.79. The fourth-order valence-electron chi connectivity index (χ4n) is 1.39. The van der Waals surface area contributed by atoms with Crippen LogP contribution in [0.2, 0.25) is 0 Å². The number of ether oxygens (including phenoxy) is 1. The highest BCUT2D eigenvalue weighted by molar-refractivity contribution is 5.93. The van der Waals surface area contributed by atoms with Crippen molar-refractivity contribution in [3.05, 3.63) is 78.4 Å². The number of hydrogen-bond donors (Lipinski definition) is 0. The van der Waals surface area contributed by atoms with Crippen LogP contribution in [-0.4, -0.2) is 12.6 Å². The highest BCUT2D eigenvalue weighted by Crippen LogP contribution is 2.07. The molecule has 2 nitrogen and oxygen atoms in total. The van der Waals surface area contributed by atoms with Gasteiger partial charge in [-0.3, -0.25) is 0 Å². The summed E-state index contributed by atoms with van der Waals surface area (Å²) in [5.41, 5.74) is 1.54. The van der Waals surface area contributed by atoms with Gasteiger partial charge in [-0.05, 0) is 24.6 Å². The zero-order valence-electron chi connectivity index (χ0n) is 11.1. The molecule has 0 heterocycles. The lowest BCUT2D eigenvalue weighted by atomic mass is 10.1. The first kappa shape index (κ1) is 14.7. The van der Waals surface area contributed by atoms with Crippen molar-refractivity contribution in [1.29, 1.82) is 0 Å². The van der Waals surface area contributed by atoms with E-state index < -0.39 is 0 Å². The molecule has 1 aromatic rings. The van der Waals surface area contributed by atoms with E-state index in [0.29, 0.717) is 12.2 Å². The standard InChI is InChI=1S/C17H18O2/c1-3-5-7-12-16(17(18)19-4-2)14-13-15-10-8-6-9-11-15/h3,5-14H,1,4H2,2H3. The molecule has 0 spiro atoms. The first-order valence-electron chi connectivity index (χ1n) is 6.17. The molecule has 0 atom stereocenters. The number of benzene rings is 1. The molecule has 0 N–H and O–H groups in total. The molecular weight excluding hydrogens is 236 g/mol. The lowest BCUT2D eigenvalue weighted by Crippen LogP contribution is -2.05. The summed E-state index contributed by atoms with van der Waals surface area (Å²) >= 11 is 0. The molecule has 0 saturated carbocycles. The van der Waals surface area contributed by atoms with Gasteiger partial charge in [-0.1, -0.05) is 61.2 Å². The van der Waals surface area contributed by atoms with Gasteiger partial charge in [0.2, 0.25) is 0 Å². The number of rotatable bonds is 6. The molecule has 0 amide bonds. The van der Waals surface area contributed by atoms with Crippen LogP contribution in [0.25, 0.3) is 6.08 Å². The van der Waals surface area contributed by atoms with Gasteiger partial charge in [0.05, 0.1) is 12.2 Å². The molecule has 98 valence electrons. The molecule has 1 rings (SSSR count). The van der Waals surface area contributed by atoms with Crippen molar-refractivity contribution >= 4 is 12.0 Å². The van der Waals surface area contributed by atoms with Crippen LogP contribution >= 0.6 is 0 Å². The Hall–Kier alpha value is -2.35. The minimum Gasteiger partial charge on any atom is -0.462 e. The Morgan fingerprint density at radius 3 is 2.63 bits per heavy atom. The van der Waals surface area contributed by atoms with Gasteiger partial charge in [0.1, 0.15) is 0 Å². The van der Waals surface area contributed by atoms with E-state index in [2.05, 4.69) is 6.58 Å². The average molecular weight is 254 g/mol. The topological polar surface area (TPSA) is 26.3 Å². The molecule has 1 aromatic carbocycles. The third-order valence-corrected chi connectivity index (χ3v) is 2.29. The van der Waals surface area contributed by atoms with E-state index in [1.165, 1.54) is 0 Å². The number of allylic oxidation sites excluding steroid dienone is 4. The summed E-state index contributed by atoms with van der Waals surface area (Å²) < 4.78 is 5.00. The maximum absolute atomic E-state index is 11.8. The van der Waals surface area contributed by atoms with E-state index in [1.807, 2.05) is 36.4 Å². The normalized spacial score (nSPS) is 11.9. The largest absolute Gasteiger partial charge is 0.462 e. The molecule has 0 saturated heterocycles. The number of carbonyl (C=O) groups excluding carboxylic acids is 1.